The van der Waals surface area contributed by atoms with Crippen LogP contribution in [0.15, 0.2) is 18.3 Å². The molecule has 4 N–H and O–H groups in total. The Bertz CT molecular complexity index is 264. The van der Waals surface area contributed by atoms with Crippen molar-refractivity contribution < 1.29 is 0 Å². The van der Waals surface area contributed by atoms with Crippen LogP contribution in [0.3, 0.4) is 0 Å². The Morgan fingerprint density at radius 2 is 2.15 bits per heavy atom. The maximum Gasteiger partial charge on any atom is 0.0422 e. The van der Waals surface area contributed by atoms with Crippen molar-refractivity contribution in [1.29, 1.82) is 0 Å². The summed E-state index contributed by atoms with van der Waals surface area (Å²) in [4.78, 5) is 4.28. The number of nitrogens with zero attached hydrogens (tertiary/aromatic N) is 1. The molecule has 0 saturated carbocycles. The number of rotatable bonds is 3. The van der Waals surface area contributed by atoms with E-state index in [0.29, 0.717) is 6.54 Å². The van der Waals surface area contributed by atoms with Gasteiger partial charge in [-0.05, 0) is 25.5 Å². The van der Waals surface area contributed by atoms with Crippen molar-refractivity contribution in [2.24, 2.45) is 11.5 Å². The third-order valence-corrected chi connectivity index (χ3v) is 2.02. The number of hydrogen-bond acceptors (Lipinski definition) is 3. The van der Waals surface area contributed by atoms with E-state index in [0.717, 1.165) is 17.7 Å². The van der Waals surface area contributed by atoms with E-state index in [1.54, 1.807) is 0 Å². The van der Waals surface area contributed by atoms with Crippen LogP contribution >= 0.6 is 0 Å². The smallest absolute Gasteiger partial charge is 0.0422 e. The quantitative estimate of drug-likeness (QED) is 0.714. The normalized spacial score (nSPS) is 15.4. The van der Waals surface area contributed by atoms with E-state index in [9.17, 15) is 0 Å². The van der Waals surface area contributed by atoms with Gasteiger partial charge >= 0.3 is 0 Å². The highest BCUT2D eigenvalue weighted by Gasteiger charge is 2.16. The first-order valence-corrected chi connectivity index (χ1v) is 4.44. The van der Waals surface area contributed by atoms with E-state index in [-0.39, 0.29) is 5.54 Å². The molecule has 1 rings (SSSR count). The van der Waals surface area contributed by atoms with Crippen molar-refractivity contribution in [3.8, 4) is 0 Å². The molecule has 0 aliphatic carbocycles. The van der Waals surface area contributed by atoms with E-state index < -0.39 is 0 Å². The molecule has 1 aromatic heterocycles. The molecule has 1 heterocycles. The average molecular weight is 179 g/mol. The zero-order valence-corrected chi connectivity index (χ0v) is 8.25. The van der Waals surface area contributed by atoms with Crippen LogP contribution in [0.4, 0.5) is 0 Å². The van der Waals surface area contributed by atoms with Gasteiger partial charge in [0.1, 0.15) is 0 Å². The summed E-state index contributed by atoms with van der Waals surface area (Å²) in [6.07, 6.45) is 2.58. The third kappa shape index (κ3) is 3.13. The van der Waals surface area contributed by atoms with Crippen molar-refractivity contribution in [3.05, 3.63) is 29.6 Å². The van der Waals surface area contributed by atoms with Gasteiger partial charge < -0.3 is 11.5 Å². The van der Waals surface area contributed by atoms with E-state index >= 15 is 0 Å². The van der Waals surface area contributed by atoms with Gasteiger partial charge in [-0.25, -0.2) is 0 Å². The molecule has 0 spiro atoms. The summed E-state index contributed by atoms with van der Waals surface area (Å²) in [6, 6.07) is 4.03. The van der Waals surface area contributed by atoms with Gasteiger partial charge in [-0.2, -0.15) is 0 Å². The predicted molar refractivity (Wildman–Crippen MR) is 54.3 cm³/mol. The molecule has 0 amide bonds. The van der Waals surface area contributed by atoms with Crippen molar-refractivity contribution in [1.82, 2.24) is 4.98 Å². The fourth-order valence-electron chi connectivity index (χ4n) is 1.09. The zero-order chi connectivity index (χ0) is 9.90. The highest BCUT2D eigenvalue weighted by atomic mass is 14.8. The molecule has 72 valence electrons. The van der Waals surface area contributed by atoms with Crippen LogP contribution in [0.1, 0.15) is 18.2 Å². The lowest BCUT2D eigenvalue weighted by Gasteiger charge is -2.21. The minimum absolute atomic E-state index is 0.345. The van der Waals surface area contributed by atoms with Crippen molar-refractivity contribution >= 4 is 0 Å². The highest BCUT2D eigenvalue weighted by Crippen LogP contribution is 2.07. The van der Waals surface area contributed by atoms with Gasteiger partial charge in [0.25, 0.3) is 0 Å². The molecule has 0 aliphatic rings. The molecular weight excluding hydrogens is 162 g/mol. The Kier molecular flexibility index (Phi) is 3.01. The molecule has 0 aromatic carbocycles. The molecule has 0 radical (unpaired) electrons. The lowest BCUT2D eigenvalue weighted by molar-refractivity contribution is 0.472. The second-order valence-electron chi connectivity index (χ2n) is 3.86. The molecule has 0 saturated heterocycles. The van der Waals surface area contributed by atoms with Gasteiger partial charge in [-0.1, -0.05) is 6.07 Å². The third-order valence-electron chi connectivity index (χ3n) is 2.02. The van der Waals surface area contributed by atoms with Crippen molar-refractivity contribution in [2.75, 3.05) is 6.54 Å². The molecule has 1 aromatic rings. The average Bonchev–Trinajstić information content (AvgIpc) is 2.09. The molecule has 1 unspecified atom stereocenters. The van der Waals surface area contributed by atoms with Gasteiger partial charge in [0.15, 0.2) is 0 Å². The topological polar surface area (TPSA) is 64.9 Å². The molecule has 0 bridgehead atoms. The summed E-state index contributed by atoms with van der Waals surface area (Å²) in [5.74, 6) is 0. The maximum absolute atomic E-state index is 5.92. The van der Waals surface area contributed by atoms with Crippen LogP contribution in [0.2, 0.25) is 0 Å². The van der Waals surface area contributed by atoms with Gasteiger partial charge in [-0.15, -0.1) is 0 Å². The number of aryl methyl sites for hydroxylation is 1. The predicted octanol–water partition coefficient (Wildman–Crippen LogP) is 0.609. The van der Waals surface area contributed by atoms with Crippen LogP contribution in [-0.2, 0) is 6.42 Å². The van der Waals surface area contributed by atoms with Gasteiger partial charge in [0, 0.05) is 30.4 Å². The fourth-order valence-corrected chi connectivity index (χ4v) is 1.09. The highest BCUT2D eigenvalue weighted by molar-refractivity contribution is 5.14. The van der Waals surface area contributed by atoms with Crippen LogP contribution in [0.5, 0.6) is 0 Å². The Morgan fingerprint density at radius 3 is 2.62 bits per heavy atom. The second-order valence-corrected chi connectivity index (χ2v) is 3.86. The zero-order valence-electron chi connectivity index (χ0n) is 8.25. The minimum atomic E-state index is -0.345. The van der Waals surface area contributed by atoms with E-state index in [2.05, 4.69) is 4.98 Å². The molecule has 3 nitrogen and oxygen atoms in total. The Labute approximate surface area is 79.2 Å². The lowest BCUT2D eigenvalue weighted by atomic mass is 9.97. The summed E-state index contributed by atoms with van der Waals surface area (Å²) < 4.78 is 0. The fraction of sp³-hybridized carbons (Fsp3) is 0.500. The molecule has 3 heteroatoms. The number of hydrogen-bond donors (Lipinski definition) is 2. The molecule has 13 heavy (non-hydrogen) atoms. The summed E-state index contributed by atoms with van der Waals surface area (Å²) >= 11 is 0. The van der Waals surface area contributed by atoms with E-state index in [4.69, 9.17) is 11.5 Å². The largest absolute Gasteiger partial charge is 0.329 e. The first-order valence-electron chi connectivity index (χ1n) is 4.44. The van der Waals surface area contributed by atoms with Crippen LogP contribution in [0, 0.1) is 6.92 Å². The monoisotopic (exact) mass is 179 g/mol. The van der Waals surface area contributed by atoms with Crippen LogP contribution in [-0.4, -0.2) is 17.1 Å². The molecule has 0 fully saturated rings. The number of nitrogens with two attached hydrogens (primary N) is 2. The van der Waals surface area contributed by atoms with Gasteiger partial charge in [0.05, 0.1) is 0 Å². The minimum Gasteiger partial charge on any atom is -0.329 e. The summed E-state index contributed by atoms with van der Waals surface area (Å²) in [7, 11) is 0. The van der Waals surface area contributed by atoms with E-state index in [1.165, 1.54) is 0 Å². The van der Waals surface area contributed by atoms with E-state index in [1.807, 2.05) is 32.2 Å². The molecule has 0 aliphatic heterocycles. The van der Waals surface area contributed by atoms with Crippen molar-refractivity contribution in [3.63, 3.8) is 0 Å². The van der Waals surface area contributed by atoms with Crippen LogP contribution in [0.25, 0.3) is 0 Å². The molecular formula is C10H17N3. The maximum atomic E-state index is 5.92. The second kappa shape index (κ2) is 3.85. The first kappa shape index (κ1) is 10.2. The van der Waals surface area contributed by atoms with Crippen LogP contribution < -0.4 is 11.5 Å². The lowest BCUT2D eigenvalue weighted by Crippen LogP contribution is -2.46. The standard InChI is InChI=1S/C10H17N3/c1-8-3-4-9(13-6-8)5-10(2,12)7-11/h3-4,6H,5,7,11-12H2,1-2H3. The number of pyridine rings is 1. The summed E-state index contributed by atoms with van der Waals surface area (Å²) in [5, 5.41) is 0. The SMILES string of the molecule is Cc1ccc(CC(C)(N)CN)nc1. The summed E-state index contributed by atoms with van der Waals surface area (Å²) in [6.45, 7) is 4.43. The Hall–Kier alpha value is -0.930. The van der Waals surface area contributed by atoms with Gasteiger partial charge in [-0.3, -0.25) is 4.98 Å². The first-order chi connectivity index (χ1) is 6.03. The Balaban J connectivity index is 2.69. The number of aromatic nitrogens is 1. The summed E-state index contributed by atoms with van der Waals surface area (Å²) in [5.41, 5.74) is 13.3. The van der Waals surface area contributed by atoms with Gasteiger partial charge in [0.2, 0.25) is 0 Å². The van der Waals surface area contributed by atoms with Crippen molar-refractivity contribution in [2.45, 2.75) is 25.8 Å². The molecule has 1 atom stereocenters. The Morgan fingerprint density at radius 1 is 1.46 bits per heavy atom.